The molecule has 5 rings (SSSR count). The maximum atomic E-state index is 14.0. The first kappa shape index (κ1) is 26.5. The lowest BCUT2D eigenvalue weighted by atomic mass is 9.97. The molecule has 1 amide bonds. The molecule has 0 saturated carbocycles. The van der Waals surface area contributed by atoms with Gasteiger partial charge in [-0.1, -0.05) is 38.0 Å². The molecule has 4 aromatic rings. The van der Waals surface area contributed by atoms with Crippen molar-refractivity contribution >= 4 is 16.9 Å². The number of carbonyl (C=O) groups is 1. The predicted octanol–water partition coefficient (Wildman–Crippen LogP) is 6.52. The van der Waals surface area contributed by atoms with Crippen LogP contribution >= 0.6 is 0 Å². The van der Waals surface area contributed by atoms with Crippen LogP contribution < -0.4 is 14.9 Å². The van der Waals surface area contributed by atoms with E-state index in [0.717, 1.165) is 41.5 Å². The number of nitrogens with zero attached hydrogens (tertiary/aromatic N) is 2. The van der Waals surface area contributed by atoms with Crippen LogP contribution in [-0.2, 0) is 6.54 Å². The summed E-state index contributed by atoms with van der Waals surface area (Å²) in [6, 6.07) is 12.5. The van der Waals surface area contributed by atoms with Crippen molar-refractivity contribution in [2.75, 3.05) is 13.2 Å². The second kappa shape index (κ2) is 11.3. The van der Waals surface area contributed by atoms with Gasteiger partial charge in [0.1, 0.15) is 5.58 Å². The Morgan fingerprint density at radius 1 is 1.00 bits per heavy atom. The van der Waals surface area contributed by atoms with Crippen LogP contribution in [-0.4, -0.2) is 29.0 Å². The molecule has 0 radical (unpaired) electrons. The fourth-order valence-corrected chi connectivity index (χ4v) is 5.29. The average molecular weight is 527 g/mol. The number of rotatable bonds is 10. The summed E-state index contributed by atoms with van der Waals surface area (Å²) in [6.45, 7) is 9.24. The Hall–Kier alpha value is -4.13. The van der Waals surface area contributed by atoms with Crippen molar-refractivity contribution in [3.8, 4) is 11.5 Å². The largest absolute Gasteiger partial charge is 0.490 e. The summed E-state index contributed by atoms with van der Waals surface area (Å²) in [4.78, 5) is 33.8. The molecule has 0 saturated heterocycles. The Morgan fingerprint density at radius 2 is 1.85 bits per heavy atom. The van der Waals surface area contributed by atoms with E-state index in [1.54, 1.807) is 17.3 Å². The minimum atomic E-state index is -0.650. The number of hydrogen-bond donors (Lipinski definition) is 0. The molecule has 39 heavy (non-hydrogen) atoms. The van der Waals surface area contributed by atoms with E-state index in [-0.39, 0.29) is 23.6 Å². The van der Waals surface area contributed by atoms with Gasteiger partial charge in [0.15, 0.2) is 16.9 Å². The number of aromatic nitrogens is 1. The zero-order chi connectivity index (χ0) is 27.5. The fraction of sp³-hybridized carbons (Fsp3) is 0.344. The van der Waals surface area contributed by atoms with E-state index >= 15 is 0 Å². The smallest absolute Gasteiger partial charge is 0.291 e. The quantitative estimate of drug-likeness (QED) is 0.219. The normalized spacial score (nSPS) is 14.6. The number of aryl methyl sites for hydroxylation is 2. The van der Waals surface area contributed by atoms with Gasteiger partial charge in [-0.15, -0.1) is 0 Å². The third-order valence-electron chi connectivity index (χ3n) is 7.06. The van der Waals surface area contributed by atoms with Crippen LogP contribution in [0.4, 0.5) is 0 Å². The molecule has 1 aliphatic rings. The molecule has 3 heterocycles. The van der Waals surface area contributed by atoms with Gasteiger partial charge in [-0.05, 0) is 73.7 Å². The standard InChI is InChI=1S/C32H34N2O5/c1-5-7-8-14-38-25-12-11-23(17-26(25)37-6-2)28-27-29(35)24-16-20(3)15-21(4)30(24)39-31(27)32(36)34(28)19-22-10-9-13-33-18-22/h9-13,15-18,28H,5-8,14,19H2,1-4H3. The molecule has 202 valence electrons. The van der Waals surface area contributed by atoms with Crippen LogP contribution in [0.2, 0.25) is 0 Å². The van der Waals surface area contributed by atoms with Crippen molar-refractivity contribution in [2.24, 2.45) is 0 Å². The highest BCUT2D eigenvalue weighted by atomic mass is 16.5. The van der Waals surface area contributed by atoms with Crippen LogP contribution in [0.5, 0.6) is 11.5 Å². The number of ether oxygens (including phenoxy) is 2. The van der Waals surface area contributed by atoms with Gasteiger partial charge in [0.25, 0.3) is 5.91 Å². The van der Waals surface area contributed by atoms with Crippen molar-refractivity contribution in [3.63, 3.8) is 0 Å². The van der Waals surface area contributed by atoms with Crippen LogP contribution in [0, 0.1) is 13.8 Å². The molecule has 1 atom stereocenters. The first-order chi connectivity index (χ1) is 18.9. The van der Waals surface area contributed by atoms with Crippen LogP contribution in [0.1, 0.15) is 77.5 Å². The molecular formula is C32H34N2O5. The van der Waals surface area contributed by atoms with E-state index in [4.69, 9.17) is 13.9 Å². The van der Waals surface area contributed by atoms with Crippen LogP contribution in [0.3, 0.4) is 0 Å². The van der Waals surface area contributed by atoms with Gasteiger partial charge in [-0.2, -0.15) is 0 Å². The van der Waals surface area contributed by atoms with E-state index in [1.165, 1.54) is 0 Å². The van der Waals surface area contributed by atoms with Gasteiger partial charge in [0.2, 0.25) is 5.76 Å². The number of hydrogen-bond acceptors (Lipinski definition) is 6. The third kappa shape index (κ3) is 5.13. The SMILES string of the molecule is CCCCCOc1ccc(C2c3c(oc4c(C)cc(C)cc4c3=O)C(=O)N2Cc2cccnc2)cc1OCC. The molecular weight excluding hydrogens is 492 g/mol. The zero-order valence-electron chi connectivity index (χ0n) is 23.0. The van der Waals surface area contributed by atoms with Gasteiger partial charge in [0, 0.05) is 18.9 Å². The van der Waals surface area contributed by atoms with Gasteiger partial charge >= 0.3 is 0 Å². The summed E-state index contributed by atoms with van der Waals surface area (Å²) in [5.41, 5.74) is 4.00. The minimum absolute atomic E-state index is 0.0891. The lowest BCUT2D eigenvalue weighted by Gasteiger charge is -2.26. The Morgan fingerprint density at radius 3 is 2.59 bits per heavy atom. The molecule has 0 spiro atoms. The highest BCUT2D eigenvalue weighted by molar-refractivity contribution is 5.99. The molecule has 0 aliphatic carbocycles. The van der Waals surface area contributed by atoms with Gasteiger partial charge in [0.05, 0.1) is 30.2 Å². The lowest BCUT2D eigenvalue weighted by Crippen LogP contribution is -2.29. The topological polar surface area (TPSA) is 81.9 Å². The highest BCUT2D eigenvalue weighted by Crippen LogP contribution is 2.42. The van der Waals surface area contributed by atoms with Crippen molar-refractivity contribution < 1.29 is 18.7 Å². The zero-order valence-corrected chi connectivity index (χ0v) is 23.0. The van der Waals surface area contributed by atoms with Crippen molar-refractivity contribution in [1.29, 1.82) is 0 Å². The maximum Gasteiger partial charge on any atom is 0.291 e. The Labute approximate surface area is 228 Å². The van der Waals surface area contributed by atoms with Crippen molar-refractivity contribution in [3.05, 3.63) is 98.7 Å². The summed E-state index contributed by atoms with van der Waals surface area (Å²) in [6.07, 6.45) is 6.58. The van der Waals surface area contributed by atoms with Crippen LogP contribution in [0.15, 0.2) is 64.1 Å². The molecule has 7 nitrogen and oxygen atoms in total. The second-order valence-corrected chi connectivity index (χ2v) is 10.0. The first-order valence-electron chi connectivity index (χ1n) is 13.6. The van der Waals surface area contributed by atoms with Crippen molar-refractivity contribution in [2.45, 2.75) is 59.5 Å². The lowest BCUT2D eigenvalue weighted by molar-refractivity contribution is 0.0714. The highest BCUT2D eigenvalue weighted by Gasteiger charge is 2.43. The van der Waals surface area contributed by atoms with E-state index in [1.807, 2.05) is 63.2 Å². The summed E-state index contributed by atoms with van der Waals surface area (Å²) in [7, 11) is 0. The maximum absolute atomic E-state index is 14.0. The first-order valence-corrected chi connectivity index (χ1v) is 13.6. The number of unbranched alkanes of at least 4 members (excludes halogenated alkanes) is 2. The molecule has 2 aromatic heterocycles. The molecule has 7 heteroatoms. The molecule has 0 fully saturated rings. The predicted molar refractivity (Wildman–Crippen MR) is 151 cm³/mol. The summed E-state index contributed by atoms with van der Waals surface area (Å²) in [5.74, 6) is 1.00. The number of carbonyl (C=O) groups excluding carboxylic acids is 1. The summed E-state index contributed by atoms with van der Waals surface area (Å²) in [5, 5.41) is 0.480. The molecule has 0 N–H and O–H groups in total. The monoisotopic (exact) mass is 526 g/mol. The fourth-order valence-electron chi connectivity index (χ4n) is 5.29. The number of pyridine rings is 1. The second-order valence-electron chi connectivity index (χ2n) is 10.0. The van der Waals surface area contributed by atoms with E-state index in [2.05, 4.69) is 11.9 Å². The Kier molecular flexibility index (Phi) is 7.68. The third-order valence-corrected chi connectivity index (χ3v) is 7.06. The molecule has 1 unspecified atom stereocenters. The summed E-state index contributed by atoms with van der Waals surface area (Å²) < 4.78 is 18.2. The Bertz CT molecular complexity index is 1560. The molecule has 2 aromatic carbocycles. The molecule has 0 bridgehead atoms. The average Bonchev–Trinajstić information content (AvgIpc) is 3.20. The van der Waals surface area contributed by atoms with Crippen molar-refractivity contribution in [1.82, 2.24) is 9.88 Å². The van der Waals surface area contributed by atoms with E-state index in [9.17, 15) is 9.59 Å². The van der Waals surface area contributed by atoms with Gasteiger partial charge < -0.3 is 18.8 Å². The Balaban J connectivity index is 1.65. The van der Waals surface area contributed by atoms with E-state index in [0.29, 0.717) is 41.2 Å². The number of fused-ring (bicyclic) bond motifs is 2. The minimum Gasteiger partial charge on any atom is -0.490 e. The van der Waals surface area contributed by atoms with E-state index < -0.39 is 6.04 Å². The molecule has 1 aliphatic heterocycles. The number of amides is 1. The van der Waals surface area contributed by atoms with Gasteiger partial charge in [-0.3, -0.25) is 14.6 Å². The van der Waals surface area contributed by atoms with Gasteiger partial charge in [-0.25, -0.2) is 0 Å². The van der Waals surface area contributed by atoms with Crippen LogP contribution in [0.25, 0.3) is 11.0 Å². The number of benzene rings is 2. The summed E-state index contributed by atoms with van der Waals surface area (Å²) >= 11 is 0.